The fraction of sp³-hybridized carbons (Fsp3) is 0.0714. The largest absolute Gasteiger partial charge is 0.417 e. The van der Waals surface area contributed by atoms with Crippen molar-refractivity contribution in [3.05, 3.63) is 53.1 Å². The fourth-order valence-electron chi connectivity index (χ4n) is 1.84. The zero-order valence-electron chi connectivity index (χ0n) is 12.1. The number of hydrogen-bond acceptors (Lipinski definition) is 3. The molecular formula is C14H9ClF4N2O3S. The van der Waals surface area contributed by atoms with Gasteiger partial charge in [0.25, 0.3) is 0 Å². The minimum atomic E-state index is -4.96. The van der Waals surface area contributed by atoms with Crippen molar-refractivity contribution < 1.29 is 30.3 Å². The molecular weight excluding hydrogens is 388 g/mol. The molecule has 0 aromatic heterocycles. The number of anilines is 2. The van der Waals surface area contributed by atoms with E-state index >= 15 is 0 Å². The predicted molar refractivity (Wildman–Crippen MR) is 83.8 cm³/mol. The van der Waals surface area contributed by atoms with E-state index in [4.69, 9.17) is 11.6 Å². The van der Waals surface area contributed by atoms with E-state index in [9.17, 15) is 30.3 Å². The van der Waals surface area contributed by atoms with E-state index in [-0.39, 0.29) is 11.4 Å². The van der Waals surface area contributed by atoms with E-state index < -0.39 is 37.9 Å². The van der Waals surface area contributed by atoms with Gasteiger partial charge in [-0.15, -0.1) is 3.89 Å². The van der Waals surface area contributed by atoms with Gasteiger partial charge in [-0.05, 0) is 36.4 Å². The summed E-state index contributed by atoms with van der Waals surface area (Å²) in [7, 11) is -4.96. The SMILES string of the molecule is O=C(Nc1cccc(S(=O)(=O)F)c1)Nc1ccc(Cl)c(C(F)(F)F)c1. The summed E-state index contributed by atoms with van der Waals surface area (Å²) in [4.78, 5) is 11.1. The van der Waals surface area contributed by atoms with Crippen LogP contribution < -0.4 is 10.6 Å². The summed E-state index contributed by atoms with van der Waals surface area (Å²) in [6.07, 6.45) is -4.70. The molecule has 2 N–H and O–H groups in total. The van der Waals surface area contributed by atoms with Crippen LogP contribution in [-0.4, -0.2) is 14.4 Å². The molecule has 2 amide bonds. The van der Waals surface area contributed by atoms with E-state index in [2.05, 4.69) is 10.6 Å². The van der Waals surface area contributed by atoms with Gasteiger partial charge in [-0.2, -0.15) is 21.6 Å². The molecule has 2 aromatic rings. The van der Waals surface area contributed by atoms with Crippen LogP contribution in [0.3, 0.4) is 0 Å². The quantitative estimate of drug-likeness (QED) is 0.585. The van der Waals surface area contributed by atoms with E-state index in [1.54, 1.807) is 0 Å². The predicted octanol–water partition coefficient (Wildman–Crippen LogP) is 4.66. The van der Waals surface area contributed by atoms with Crippen molar-refractivity contribution in [3.63, 3.8) is 0 Å². The van der Waals surface area contributed by atoms with Crippen molar-refractivity contribution in [2.75, 3.05) is 10.6 Å². The minimum Gasteiger partial charge on any atom is -0.308 e. The van der Waals surface area contributed by atoms with Crippen molar-refractivity contribution in [2.24, 2.45) is 0 Å². The fourth-order valence-corrected chi connectivity index (χ4v) is 2.57. The topological polar surface area (TPSA) is 75.3 Å². The molecule has 0 bridgehead atoms. The Morgan fingerprint density at radius 1 is 1.00 bits per heavy atom. The maximum atomic E-state index is 12.9. The van der Waals surface area contributed by atoms with E-state index in [1.807, 2.05) is 0 Å². The van der Waals surface area contributed by atoms with Gasteiger partial charge in [0.05, 0.1) is 10.6 Å². The molecule has 0 fully saturated rings. The standard InChI is InChI=1S/C14H9ClF4N2O3S/c15-12-5-4-9(7-11(12)14(16,17)18)21-13(22)20-8-2-1-3-10(6-8)25(19,23)24/h1-7H,(H2,20,21,22). The number of hydrogen-bond donors (Lipinski definition) is 2. The van der Waals surface area contributed by atoms with Crippen molar-refractivity contribution in [1.82, 2.24) is 0 Å². The number of rotatable bonds is 3. The average Bonchev–Trinajstić information content (AvgIpc) is 2.47. The zero-order valence-corrected chi connectivity index (χ0v) is 13.6. The monoisotopic (exact) mass is 396 g/mol. The highest BCUT2D eigenvalue weighted by atomic mass is 35.5. The Labute approximate surface area is 144 Å². The van der Waals surface area contributed by atoms with Gasteiger partial charge >= 0.3 is 22.4 Å². The molecule has 25 heavy (non-hydrogen) atoms. The summed E-state index contributed by atoms with van der Waals surface area (Å²) >= 11 is 5.47. The number of urea groups is 1. The molecule has 0 aliphatic heterocycles. The maximum absolute atomic E-state index is 12.9. The number of alkyl halides is 3. The van der Waals surface area contributed by atoms with Crippen molar-refractivity contribution in [2.45, 2.75) is 11.1 Å². The van der Waals surface area contributed by atoms with Crippen LogP contribution in [0, 0.1) is 0 Å². The molecule has 0 spiro atoms. The molecule has 11 heteroatoms. The lowest BCUT2D eigenvalue weighted by Crippen LogP contribution is -2.20. The van der Waals surface area contributed by atoms with Crippen LogP contribution in [0.2, 0.25) is 5.02 Å². The summed E-state index contributed by atoms with van der Waals surface area (Å²) in [6.45, 7) is 0. The first-order valence-electron chi connectivity index (χ1n) is 6.46. The van der Waals surface area contributed by atoms with E-state index in [1.165, 1.54) is 12.1 Å². The van der Waals surface area contributed by atoms with E-state index in [0.717, 1.165) is 24.3 Å². The molecule has 0 unspecified atom stereocenters. The smallest absolute Gasteiger partial charge is 0.308 e. The second-order valence-electron chi connectivity index (χ2n) is 4.74. The third-order valence-electron chi connectivity index (χ3n) is 2.90. The normalized spacial score (nSPS) is 11.9. The van der Waals surface area contributed by atoms with Crippen LogP contribution in [0.1, 0.15) is 5.56 Å². The number of amides is 2. The molecule has 0 aliphatic rings. The molecule has 0 saturated carbocycles. The number of halogens is 5. The summed E-state index contributed by atoms with van der Waals surface area (Å²) in [6, 6.07) is 6.11. The van der Waals surface area contributed by atoms with Gasteiger partial charge in [-0.3, -0.25) is 0 Å². The molecule has 0 saturated heterocycles. The van der Waals surface area contributed by atoms with Gasteiger partial charge in [0.15, 0.2) is 0 Å². The Balaban J connectivity index is 2.16. The number of carbonyl (C=O) groups excluding carboxylic acids is 1. The van der Waals surface area contributed by atoms with Gasteiger partial charge in [0.1, 0.15) is 4.90 Å². The summed E-state index contributed by atoms with van der Waals surface area (Å²) in [5.74, 6) is 0. The second-order valence-corrected chi connectivity index (χ2v) is 6.49. The van der Waals surface area contributed by atoms with Crippen LogP contribution in [0.15, 0.2) is 47.4 Å². The molecule has 134 valence electrons. The Bertz CT molecular complexity index is 917. The van der Waals surface area contributed by atoms with Gasteiger partial charge in [0.2, 0.25) is 0 Å². The van der Waals surface area contributed by atoms with Crippen molar-refractivity contribution >= 4 is 39.2 Å². The van der Waals surface area contributed by atoms with Gasteiger partial charge in [0, 0.05) is 11.4 Å². The van der Waals surface area contributed by atoms with Crippen molar-refractivity contribution in [1.29, 1.82) is 0 Å². The van der Waals surface area contributed by atoms with Crippen LogP contribution >= 0.6 is 11.6 Å². The number of benzene rings is 2. The highest BCUT2D eigenvalue weighted by molar-refractivity contribution is 7.86. The van der Waals surface area contributed by atoms with E-state index in [0.29, 0.717) is 6.07 Å². The van der Waals surface area contributed by atoms with Crippen molar-refractivity contribution in [3.8, 4) is 0 Å². The van der Waals surface area contributed by atoms with Crippen LogP contribution in [0.5, 0.6) is 0 Å². The summed E-state index contributed by atoms with van der Waals surface area (Å²) in [5.41, 5.74) is -1.39. The number of carbonyl (C=O) groups is 1. The average molecular weight is 397 g/mol. The first-order valence-corrected chi connectivity index (χ1v) is 8.22. The van der Waals surface area contributed by atoms with Gasteiger partial charge in [-0.25, -0.2) is 4.79 Å². The third-order valence-corrected chi connectivity index (χ3v) is 4.05. The molecule has 0 atom stereocenters. The third kappa shape index (κ3) is 5.07. The summed E-state index contributed by atoms with van der Waals surface area (Å²) < 4.78 is 72.8. The molecule has 0 radical (unpaired) electrons. The van der Waals surface area contributed by atoms with Gasteiger partial charge < -0.3 is 10.6 Å². The Kier molecular flexibility index (Phi) is 5.23. The molecule has 5 nitrogen and oxygen atoms in total. The second kappa shape index (κ2) is 6.89. The molecule has 0 heterocycles. The Hall–Kier alpha value is -2.33. The van der Waals surface area contributed by atoms with Crippen LogP contribution in [0.25, 0.3) is 0 Å². The zero-order chi connectivity index (χ0) is 18.8. The lowest BCUT2D eigenvalue weighted by molar-refractivity contribution is -0.137. The Morgan fingerprint density at radius 3 is 2.16 bits per heavy atom. The van der Waals surface area contributed by atoms with Crippen LogP contribution in [0.4, 0.5) is 33.2 Å². The molecule has 2 aromatic carbocycles. The lowest BCUT2D eigenvalue weighted by atomic mass is 10.2. The summed E-state index contributed by atoms with van der Waals surface area (Å²) in [5, 5.41) is 3.79. The van der Waals surface area contributed by atoms with Crippen LogP contribution in [-0.2, 0) is 16.4 Å². The molecule has 0 aliphatic carbocycles. The first-order chi connectivity index (χ1) is 11.5. The maximum Gasteiger partial charge on any atom is 0.417 e. The van der Waals surface area contributed by atoms with Gasteiger partial charge in [-0.1, -0.05) is 17.7 Å². The number of nitrogens with one attached hydrogen (secondary N) is 2. The lowest BCUT2D eigenvalue weighted by Gasteiger charge is -2.12. The highest BCUT2D eigenvalue weighted by Crippen LogP contribution is 2.36. The molecule has 2 rings (SSSR count). The first kappa shape index (κ1) is 19.0. The highest BCUT2D eigenvalue weighted by Gasteiger charge is 2.33. The minimum absolute atomic E-state index is 0.0683. The Morgan fingerprint density at radius 2 is 1.60 bits per heavy atom.